The highest BCUT2D eigenvalue weighted by atomic mass is 16.5. The predicted molar refractivity (Wildman–Crippen MR) is 105 cm³/mol. The summed E-state index contributed by atoms with van der Waals surface area (Å²) in [7, 11) is 1.80. The molecular formula is C20H30N4O2. The fourth-order valence-electron chi connectivity index (χ4n) is 3.67. The van der Waals surface area contributed by atoms with Crippen molar-refractivity contribution < 1.29 is 9.53 Å². The van der Waals surface area contributed by atoms with Gasteiger partial charge in [0.25, 0.3) is 5.91 Å². The van der Waals surface area contributed by atoms with E-state index < -0.39 is 0 Å². The first-order chi connectivity index (χ1) is 12.7. The number of hydrogen-bond donors (Lipinski definition) is 2. The standard InChI is InChI=1S/C20H30N4O2/c1-3-20(10-6-11-20)15-23-19(21-2)22-12-7-13-24-16-8-4-5-9-17(16)26-14-18(24)25/h4-5,8-9H,3,6-7,10-15H2,1-2H3,(H2,21,22,23). The van der Waals surface area contributed by atoms with Crippen LogP contribution in [0.15, 0.2) is 29.3 Å². The Kier molecular flexibility index (Phi) is 6.01. The molecule has 0 atom stereocenters. The van der Waals surface area contributed by atoms with E-state index in [9.17, 15) is 4.79 Å². The van der Waals surface area contributed by atoms with Gasteiger partial charge < -0.3 is 20.3 Å². The van der Waals surface area contributed by atoms with Gasteiger partial charge in [-0.3, -0.25) is 9.79 Å². The van der Waals surface area contributed by atoms with E-state index in [1.165, 1.54) is 25.7 Å². The number of benzene rings is 1. The van der Waals surface area contributed by atoms with Gasteiger partial charge in [0.2, 0.25) is 0 Å². The number of carbonyl (C=O) groups excluding carboxylic acids is 1. The second-order valence-electron chi connectivity index (χ2n) is 7.21. The number of anilines is 1. The number of aliphatic imine (C=N–C) groups is 1. The van der Waals surface area contributed by atoms with Gasteiger partial charge in [-0.25, -0.2) is 0 Å². The normalized spacial score (nSPS) is 18.6. The summed E-state index contributed by atoms with van der Waals surface area (Å²) in [6, 6.07) is 7.70. The number of rotatable bonds is 7. The lowest BCUT2D eigenvalue weighted by atomic mass is 9.67. The SMILES string of the molecule is CCC1(CNC(=NC)NCCCN2C(=O)COc3ccccc32)CCC1. The van der Waals surface area contributed by atoms with E-state index in [1.807, 2.05) is 29.2 Å². The summed E-state index contributed by atoms with van der Waals surface area (Å²) < 4.78 is 5.48. The predicted octanol–water partition coefficient (Wildman–Crippen LogP) is 2.55. The van der Waals surface area contributed by atoms with E-state index in [2.05, 4.69) is 22.5 Å². The first-order valence-electron chi connectivity index (χ1n) is 9.64. The van der Waals surface area contributed by atoms with Crippen LogP contribution in [0.5, 0.6) is 5.75 Å². The van der Waals surface area contributed by atoms with Crippen molar-refractivity contribution in [3.05, 3.63) is 24.3 Å². The Morgan fingerprint density at radius 1 is 1.31 bits per heavy atom. The van der Waals surface area contributed by atoms with E-state index in [0.717, 1.165) is 36.9 Å². The molecule has 1 amide bonds. The number of nitrogens with zero attached hydrogens (tertiary/aromatic N) is 2. The minimum atomic E-state index is 0.0149. The molecule has 1 aliphatic carbocycles. The average molecular weight is 358 g/mol. The van der Waals surface area contributed by atoms with Gasteiger partial charge in [0.1, 0.15) is 5.75 Å². The van der Waals surface area contributed by atoms with Crippen LogP contribution in [0.2, 0.25) is 0 Å². The van der Waals surface area contributed by atoms with Gasteiger partial charge in [0, 0.05) is 26.7 Å². The third-order valence-corrected chi connectivity index (χ3v) is 5.68. The highest BCUT2D eigenvalue weighted by molar-refractivity contribution is 5.97. The van der Waals surface area contributed by atoms with Crippen molar-refractivity contribution >= 4 is 17.6 Å². The third kappa shape index (κ3) is 4.11. The van der Waals surface area contributed by atoms with Crippen LogP contribution < -0.4 is 20.3 Å². The molecule has 2 N–H and O–H groups in total. The molecule has 1 aromatic carbocycles. The second-order valence-corrected chi connectivity index (χ2v) is 7.21. The molecule has 0 spiro atoms. The van der Waals surface area contributed by atoms with Crippen LogP contribution in [0.4, 0.5) is 5.69 Å². The highest BCUT2D eigenvalue weighted by Crippen LogP contribution is 2.43. The zero-order valence-corrected chi connectivity index (χ0v) is 15.9. The lowest BCUT2D eigenvalue weighted by Crippen LogP contribution is -2.47. The van der Waals surface area contributed by atoms with Crippen molar-refractivity contribution in [2.24, 2.45) is 10.4 Å². The van der Waals surface area contributed by atoms with E-state index >= 15 is 0 Å². The lowest BCUT2D eigenvalue weighted by Gasteiger charge is -2.41. The maximum atomic E-state index is 12.2. The largest absolute Gasteiger partial charge is 0.482 e. The van der Waals surface area contributed by atoms with Crippen molar-refractivity contribution in [3.63, 3.8) is 0 Å². The van der Waals surface area contributed by atoms with E-state index in [-0.39, 0.29) is 12.5 Å². The molecule has 0 radical (unpaired) electrons. The van der Waals surface area contributed by atoms with Crippen LogP contribution in [0.1, 0.15) is 39.0 Å². The molecule has 1 saturated carbocycles. The summed E-state index contributed by atoms with van der Waals surface area (Å²) in [5.41, 5.74) is 1.32. The van der Waals surface area contributed by atoms with Crippen LogP contribution in [0.3, 0.4) is 0 Å². The summed E-state index contributed by atoms with van der Waals surface area (Å²) in [5.74, 6) is 1.64. The molecule has 1 fully saturated rings. The topological polar surface area (TPSA) is 66.0 Å². The molecule has 142 valence electrons. The van der Waals surface area contributed by atoms with Gasteiger partial charge in [-0.15, -0.1) is 0 Å². The number of fused-ring (bicyclic) bond motifs is 1. The highest BCUT2D eigenvalue weighted by Gasteiger charge is 2.34. The molecule has 2 aliphatic rings. The van der Waals surface area contributed by atoms with Crippen molar-refractivity contribution in [2.45, 2.75) is 39.0 Å². The minimum absolute atomic E-state index is 0.0149. The molecule has 0 unspecified atom stereocenters. The van der Waals surface area contributed by atoms with Crippen molar-refractivity contribution in [1.82, 2.24) is 10.6 Å². The van der Waals surface area contributed by atoms with E-state index in [1.54, 1.807) is 7.05 Å². The zero-order chi connectivity index (χ0) is 18.4. The smallest absolute Gasteiger partial charge is 0.265 e. The Labute approximate surface area is 156 Å². The maximum Gasteiger partial charge on any atom is 0.265 e. The fourth-order valence-corrected chi connectivity index (χ4v) is 3.67. The van der Waals surface area contributed by atoms with E-state index in [0.29, 0.717) is 12.0 Å². The molecule has 26 heavy (non-hydrogen) atoms. The summed E-state index contributed by atoms with van der Waals surface area (Å²) >= 11 is 0. The monoisotopic (exact) mass is 358 g/mol. The number of para-hydroxylation sites is 2. The van der Waals surface area contributed by atoms with Crippen LogP contribution in [-0.4, -0.2) is 45.2 Å². The Morgan fingerprint density at radius 3 is 2.81 bits per heavy atom. The van der Waals surface area contributed by atoms with Gasteiger partial charge in [0.15, 0.2) is 12.6 Å². The number of carbonyl (C=O) groups is 1. The summed E-state index contributed by atoms with van der Waals surface area (Å²) in [6.07, 6.45) is 6.03. The van der Waals surface area contributed by atoms with Crippen LogP contribution in [0.25, 0.3) is 0 Å². The average Bonchev–Trinajstić information content (AvgIpc) is 2.64. The number of amides is 1. The molecule has 1 aliphatic heterocycles. The van der Waals surface area contributed by atoms with Gasteiger partial charge in [-0.05, 0) is 43.2 Å². The van der Waals surface area contributed by atoms with Gasteiger partial charge in [0.05, 0.1) is 5.69 Å². The summed E-state index contributed by atoms with van der Waals surface area (Å²) in [4.78, 5) is 18.3. The Hall–Kier alpha value is -2.24. The number of hydrogen-bond acceptors (Lipinski definition) is 3. The Morgan fingerprint density at radius 2 is 2.12 bits per heavy atom. The molecule has 0 saturated heterocycles. The first kappa shape index (κ1) is 18.5. The lowest BCUT2D eigenvalue weighted by molar-refractivity contribution is -0.121. The van der Waals surface area contributed by atoms with Crippen molar-refractivity contribution in [2.75, 3.05) is 38.2 Å². The second kappa shape index (κ2) is 8.43. The molecule has 6 nitrogen and oxygen atoms in total. The summed E-state index contributed by atoms with van der Waals surface area (Å²) in [5, 5.41) is 6.83. The van der Waals surface area contributed by atoms with Crippen LogP contribution >= 0.6 is 0 Å². The quantitative estimate of drug-likeness (QED) is 0.447. The van der Waals surface area contributed by atoms with Gasteiger partial charge >= 0.3 is 0 Å². The van der Waals surface area contributed by atoms with E-state index in [4.69, 9.17) is 4.74 Å². The molecule has 3 rings (SSSR count). The fraction of sp³-hybridized carbons (Fsp3) is 0.600. The molecule has 1 aromatic rings. The van der Waals surface area contributed by atoms with Crippen molar-refractivity contribution in [3.8, 4) is 5.75 Å². The Bertz CT molecular complexity index is 649. The molecule has 0 bridgehead atoms. The van der Waals surface area contributed by atoms with Gasteiger partial charge in [-0.2, -0.15) is 0 Å². The molecule has 1 heterocycles. The minimum Gasteiger partial charge on any atom is -0.482 e. The molecule has 6 heteroatoms. The zero-order valence-electron chi connectivity index (χ0n) is 15.9. The number of guanidine groups is 1. The van der Waals surface area contributed by atoms with Crippen LogP contribution in [0, 0.1) is 5.41 Å². The number of ether oxygens (including phenoxy) is 1. The Balaban J connectivity index is 1.44. The maximum absolute atomic E-state index is 12.2. The van der Waals surface area contributed by atoms with Crippen LogP contribution in [-0.2, 0) is 4.79 Å². The third-order valence-electron chi connectivity index (χ3n) is 5.68. The molecule has 0 aromatic heterocycles. The number of nitrogens with one attached hydrogen (secondary N) is 2. The summed E-state index contributed by atoms with van der Waals surface area (Å²) in [6.45, 7) is 4.81. The first-order valence-corrected chi connectivity index (χ1v) is 9.64. The van der Waals surface area contributed by atoms with Gasteiger partial charge in [-0.1, -0.05) is 25.5 Å². The van der Waals surface area contributed by atoms with Crippen molar-refractivity contribution in [1.29, 1.82) is 0 Å². The molecular weight excluding hydrogens is 328 g/mol.